The molecular weight excluding hydrogens is 984 g/mol. The largest absolute Gasteiger partial charge is 0.398 e. The Balaban J connectivity index is 0.000000189. The van der Waals surface area contributed by atoms with Gasteiger partial charge in [0.1, 0.15) is 15.4 Å². The van der Waals surface area contributed by atoms with Gasteiger partial charge in [0, 0.05) is 58.0 Å². The van der Waals surface area contributed by atoms with Gasteiger partial charge in [-0.1, -0.05) is 23.9 Å². The van der Waals surface area contributed by atoms with Gasteiger partial charge in [0.2, 0.25) is 0 Å². The molecule has 6 N–H and O–H groups in total. The maximum atomic E-state index is 13.5. The van der Waals surface area contributed by atoms with Gasteiger partial charge < -0.3 is 27.0 Å². The predicted octanol–water partition coefficient (Wildman–Crippen LogP) is 10.6. The van der Waals surface area contributed by atoms with E-state index in [1.807, 2.05) is 32.0 Å². The summed E-state index contributed by atoms with van der Waals surface area (Å²) in [5.41, 5.74) is 13.3. The SMILES string of the molecule is Cc1cc(-c2cnc3c(NCCC(F)(F)F)cc(Br)nn23)ccc1C(=O)NC1CC1.Cc1cc(-c2cnc3c(NCCC(F)(F)F)cc(Sc4ccc(F)cc4N)nn23)ccc1C(=O)NC1CC1. The summed E-state index contributed by atoms with van der Waals surface area (Å²) < 4.78 is 92.9. The van der Waals surface area contributed by atoms with Crippen LogP contribution >= 0.6 is 27.7 Å². The minimum Gasteiger partial charge on any atom is -0.398 e. The van der Waals surface area contributed by atoms with Crippen molar-refractivity contribution in [1.82, 2.24) is 39.8 Å². The smallest absolute Gasteiger partial charge is 0.390 e. The summed E-state index contributed by atoms with van der Waals surface area (Å²) in [6, 6.07) is 18.5. The molecule has 22 heteroatoms. The molecule has 2 amide bonds. The Hall–Kier alpha value is -6.42. The summed E-state index contributed by atoms with van der Waals surface area (Å²) in [6.07, 6.45) is -3.32. The molecule has 4 heterocycles. The highest BCUT2D eigenvalue weighted by molar-refractivity contribution is 9.10. The number of aromatic nitrogens is 6. The molecule has 2 aliphatic rings. The van der Waals surface area contributed by atoms with Crippen molar-refractivity contribution in [3.63, 3.8) is 0 Å². The van der Waals surface area contributed by atoms with Crippen LogP contribution in [0.1, 0.15) is 70.4 Å². The lowest BCUT2D eigenvalue weighted by molar-refractivity contribution is -0.132. The number of hydrogen-bond acceptors (Lipinski definition) is 10. The van der Waals surface area contributed by atoms with Crippen molar-refractivity contribution in [3.8, 4) is 22.5 Å². The van der Waals surface area contributed by atoms with Crippen molar-refractivity contribution in [2.75, 3.05) is 29.5 Å². The lowest BCUT2D eigenvalue weighted by Gasteiger charge is -2.13. The number of nitrogens with zero attached hydrogens (tertiary/aromatic N) is 6. The number of nitrogens with one attached hydrogen (secondary N) is 4. The zero-order valence-electron chi connectivity index (χ0n) is 36.3. The van der Waals surface area contributed by atoms with Crippen LogP contribution in [-0.4, -0.2) is 78.5 Å². The highest BCUT2D eigenvalue weighted by Crippen LogP contribution is 2.36. The van der Waals surface area contributed by atoms with Crippen LogP contribution < -0.4 is 27.0 Å². The first-order chi connectivity index (χ1) is 32.3. The highest BCUT2D eigenvalue weighted by Gasteiger charge is 2.29. The molecule has 356 valence electrons. The van der Waals surface area contributed by atoms with Gasteiger partial charge in [-0.2, -0.15) is 36.5 Å². The number of hydrogen-bond donors (Lipinski definition) is 5. The Kier molecular flexibility index (Phi) is 13.9. The quantitative estimate of drug-likeness (QED) is 0.0522. The number of anilines is 3. The van der Waals surface area contributed by atoms with Crippen molar-refractivity contribution in [2.45, 2.75) is 86.7 Å². The number of carbonyl (C=O) groups excluding carboxylic acids is 2. The first-order valence-electron chi connectivity index (χ1n) is 21.4. The molecule has 13 nitrogen and oxygen atoms in total. The summed E-state index contributed by atoms with van der Waals surface area (Å²) in [5, 5.41) is 21.0. The van der Waals surface area contributed by atoms with Crippen molar-refractivity contribution in [2.24, 2.45) is 0 Å². The molecule has 0 aliphatic heterocycles. The molecule has 7 aromatic rings. The number of carbonyl (C=O) groups is 2. The van der Waals surface area contributed by atoms with Crippen LogP contribution in [0.25, 0.3) is 33.8 Å². The van der Waals surface area contributed by atoms with Gasteiger partial charge in [0.05, 0.1) is 48.0 Å². The van der Waals surface area contributed by atoms with Gasteiger partial charge >= 0.3 is 12.4 Å². The van der Waals surface area contributed by atoms with Crippen LogP contribution in [-0.2, 0) is 0 Å². The second-order valence-electron chi connectivity index (χ2n) is 16.5. The topological polar surface area (TPSA) is 169 Å². The number of rotatable bonds is 14. The average molecular weight is 1030 g/mol. The molecule has 0 bridgehead atoms. The number of benzene rings is 3. The Morgan fingerprint density at radius 1 is 0.706 bits per heavy atom. The van der Waals surface area contributed by atoms with Crippen LogP contribution in [0, 0.1) is 19.7 Å². The second-order valence-corrected chi connectivity index (χ2v) is 18.3. The number of nitrogen functional groups attached to an aromatic ring is 1. The average Bonchev–Trinajstić information content (AvgIpc) is 4.17. The summed E-state index contributed by atoms with van der Waals surface area (Å²) in [6.45, 7) is 3.09. The summed E-state index contributed by atoms with van der Waals surface area (Å²) in [4.78, 5) is 34.2. The van der Waals surface area contributed by atoms with Crippen LogP contribution in [0.5, 0.6) is 0 Å². The highest BCUT2D eigenvalue weighted by atomic mass is 79.9. The molecule has 0 atom stereocenters. The fraction of sp³-hybridized carbons (Fsp3) is 0.304. The van der Waals surface area contributed by atoms with E-state index >= 15 is 0 Å². The predicted molar refractivity (Wildman–Crippen MR) is 248 cm³/mol. The van der Waals surface area contributed by atoms with Crippen molar-refractivity contribution in [3.05, 3.63) is 112 Å². The molecule has 4 aromatic heterocycles. The van der Waals surface area contributed by atoms with Crippen LogP contribution in [0.3, 0.4) is 0 Å². The summed E-state index contributed by atoms with van der Waals surface area (Å²) in [7, 11) is 0. The summed E-state index contributed by atoms with van der Waals surface area (Å²) in [5.74, 6) is -0.692. The number of imidazole rings is 2. The maximum absolute atomic E-state index is 13.5. The van der Waals surface area contributed by atoms with Crippen LogP contribution in [0.2, 0.25) is 0 Å². The number of halogens is 8. The Morgan fingerprint density at radius 3 is 1.65 bits per heavy atom. The molecule has 0 spiro atoms. The van der Waals surface area contributed by atoms with E-state index in [2.05, 4.69) is 57.4 Å². The number of amides is 2. The molecule has 0 saturated heterocycles. The first-order valence-corrected chi connectivity index (χ1v) is 23.0. The molecular formula is C46H43BrF7N11O2S. The van der Waals surface area contributed by atoms with E-state index < -0.39 is 31.0 Å². The maximum Gasteiger partial charge on any atom is 0.390 e. The zero-order valence-corrected chi connectivity index (χ0v) is 38.7. The molecule has 68 heavy (non-hydrogen) atoms. The van der Waals surface area contributed by atoms with E-state index in [4.69, 9.17) is 5.73 Å². The fourth-order valence-corrected chi connectivity index (χ4v) is 8.35. The molecule has 0 radical (unpaired) electrons. The normalized spacial score (nSPS) is 13.9. The van der Waals surface area contributed by atoms with Gasteiger partial charge in [-0.3, -0.25) is 9.59 Å². The Bertz CT molecular complexity index is 3020. The Labute approximate surface area is 397 Å². The first kappa shape index (κ1) is 48.1. The lowest BCUT2D eigenvalue weighted by atomic mass is 10.0. The fourth-order valence-electron chi connectivity index (χ4n) is 7.13. The van der Waals surface area contributed by atoms with E-state index in [9.17, 15) is 40.3 Å². The zero-order chi connectivity index (χ0) is 48.5. The van der Waals surface area contributed by atoms with Gasteiger partial charge in [-0.15, -0.1) is 0 Å². The lowest BCUT2D eigenvalue weighted by Crippen LogP contribution is -2.26. The molecule has 3 aromatic carbocycles. The van der Waals surface area contributed by atoms with E-state index in [0.29, 0.717) is 59.7 Å². The standard InChI is InChI=1S/C26H24F4N6OS.C20H19BrF3N5O/c1-14-10-15(2-6-18(14)25(37)34-17-4-5-17)21-13-33-24-20(32-9-8-26(28,29)30)12-23(35-36(21)24)38-22-7-3-16(27)11-19(22)31;1-11-8-12(2-5-14(11)19(30)27-13-3-4-13)16-10-26-18-15(9-17(21)28-29(16)18)25-7-6-20(22,23)24/h2-3,6-7,10-13,17,32H,4-5,8-9,31H2,1H3,(H,34,37);2,5,8-10,13,25H,3-4,6-7H2,1H3,(H,27,30). The van der Waals surface area contributed by atoms with E-state index in [1.54, 1.807) is 47.2 Å². The second kappa shape index (κ2) is 19.7. The van der Waals surface area contributed by atoms with Crippen LogP contribution in [0.4, 0.5) is 47.8 Å². The number of alkyl halides is 6. The minimum atomic E-state index is -4.32. The molecule has 9 rings (SSSR count). The minimum absolute atomic E-state index is 0.0864. The van der Waals surface area contributed by atoms with E-state index in [0.717, 1.165) is 59.7 Å². The third-order valence-corrected chi connectivity index (χ3v) is 12.3. The summed E-state index contributed by atoms with van der Waals surface area (Å²) >= 11 is 4.46. The van der Waals surface area contributed by atoms with Crippen molar-refractivity contribution < 1.29 is 40.3 Å². The van der Waals surface area contributed by atoms with E-state index in [1.165, 1.54) is 22.7 Å². The molecule has 2 saturated carbocycles. The molecule has 0 unspecified atom stereocenters. The van der Waals surface area contributed by atoms with Crippen molar-refractivity contribution in [1.29, 1.82) is 0 Å². The number of nitrogens with two attached hydrogens (primary N) is 1. The van der Waals surface area contributed by atoms with Gasteiger partial charge in [0.25, 0.3) is 11.8 Å². The molecule has 2 fully saturated rings. The molecule has 2 aliphatic carbocycles. The number of fused-ring (bicyclic) bond motifs is 2. The monoisotopic (exact) mass is 1030 g/mol. The van der Waals surface area contributed by atoms with E-state index in [-0.39, 0.29) is 42.7 Å². The third-order valence-electron chi connectivity index (χ3n) is 10.9. The van der Waals surface area contributed by atoms with Gasteiger partial charge in [0.15, 0.2) is 11.3 Å². The van der Waals surface area contributed by atoms with Crippen molar-refractivity contribution >= 4 is 67.9 Å². The third kappa shape index (κ3) is 12.0. The van der Waals surface area contributed by atoms with Crippen LogP contribution in [0.15, 0.2) is 93.6 Å². The van der Waals surface area contributed by atoms with Gasteiger partial charge in [-0.05, 0) is 121 Å². The Morgan fingerprint density at radius 2 is 1.19 bits per heavy atom. The number of aryl methyl sites for hydroxylation is 2. The van der Waals surface area contributed by atoms with Gasteiger partial charge in [-0.25, -0.2) is 23.4 Å².